The topological polar surface area (TPSA) is 89.9 Å². The number of carbonyl (C=O) groups excluding carboxylic acids is 1. The zero-order chi connectivity index (χ0) is 15.0. The molecule has 1 heterocycles. The van der Waals surface area contributed by atoms with Crippen LogP contribution in [0, 0.1) is 5.92 Å². The molecular weight excluding hydrogens is 260 g/mol. The second-order valence-electron chi connectivity index (χ2n) is 5.40. The summed E-state index contributed by atoms with van der Waals surface area (Å²) in [5, 5.41) is 20.7. The second kappa shape index (κ2) is 8.79. The van der Waals surface area contributed by atoms with E-state index in [4.69, 9.17) is 5.11 Å². The molecule has 1 aliphatic heterocycles. The Labute approximate surface area is 120 Å². The van der Waals surface area contributed by atoms with Crippen molar-refractivity contribution in [3.05, 3.63) is 0 Å². The first-order valence-electron chi connectivity index (χ1n) is 7.45. The van der Waals surface area contributed by atoms with Crippen LogP contribution in [-0.4, -0.2) is 52.9 Å². The zero-order valence-corrected chi connectivity index (χ0v) is 12.2. The van der Waals surface area contributed by atoms with Crippen molar-refractivity contribution in [3.63, 3.8) is 0 Å². The highest BCUT2D eigenvalue weighted by Gasteiger charge is 2.27. The Kier molecular flexibility index (Phi) is 7.36. The van der Waals surface area contributed by atoms with Gasteiger partial charge in [0.2, 0.25) is 0 Å². The first-order valence-corrected chi connectivity index (χ1v) is 7.45. The van der Waals surface area contributed by atoms with Gasteiger partial charge in [0.1, 0.15) is 0 Å². The monoisotopic (exact) mass is 286 g/mol. The minimum Gasteiger partial charge on any atom is -0.481 e. The molecule has 116 valence electrons. The Balaban J connectivity index is 2.24. The Bertz CT molecular complexity index is 322. The zero-order valence-electron chi connectivity index (χ0n) is 12.2. The number of amides is 2. The van der Waals surface area contributed by atoms with Crippen LogP contribution in [0.25, 0.3) is 0 Å². The third kappa shape index (κ3) is 5.36. The predicted octanol–water partition coefficient (Wildman–Crippen LogP) is 1.43. The first kappa shape index (κ1) is 16.8. The molecule has 2 unspecified atom stereocenters. The lowest BCUT2D eigenvalue weighted by Gasteiger charge is -2.24. The fourth-order valence-corrected chi connectivity index (χ4v) is 2.66. The summed E-state index contributed by atoms with van der Waals surface area (Å²) < 4.78 is 0. The summed E-state index contributed by atoms with van der Waals surface area (Å²) in [6.45, 7) is 3.32. The van der Waals surface area contributed by atoms with Gasteiger partial charge < -0.3 is 20.4 Å². The fourth-order valence-electron chi connectivity index (χ4n) is 2.66. The summed E-state index contributed by atoms with van der Waals surface area (Å²) in [5.41, 5.74) is 0. The van der Waals surface area contributed by atoms with Crippen molar-refractivity contribution in [1.29, 1.82) is 0 Å². The van der Waals surface area contributed by atoms with Crippen LogP contribution < -0.4 is 5.32 Å². The minimum atomic E-state index is -0.768. The highest BCUT2D eigenvalue weighted by Crippen LogP contribution is 2.17. The number of carbonyl (C=O) groups is 2. The number of urea groups is 1. The van der Waals surface area contributed by atoms with Crippen LogP contribution in [0.1, 0.15) is 45.4 Å². The molecule has 0 aromatic carbocycles. The van der Waals surface area contributed by atoms with Gasteiger partial charge in [-0.3, -0.25) is 4.79 Å². The van der Waals surface area contributed by atoms with Crippen LogP contribution >= 0.6 is 0 Å². The Morgan fingerprint density at radius 1 is 1.40 bits per heavy atom. The van der Waals surface area contributed by atoms with Crippen LogP contribution in [0.4, 0.5) is 4.79 Å². The molecule has 6 heteroatoms. The highest BCUT2D eigenvalue weighted by molar-refractivity contribution is 5.74. The van der Waals surface area contributed by atoms with Crippen molar-refractivity contribution < 1.29 is 19.8 Å². The standard InChI is InChI=1S/C14H26N2O4/c1-2-11(5-6-13(18)19)7-8-15-14(20)16-9-3-4-12(16)10-17/h11-12,17H,2-10H2,1H3,(H,15,20)(H,18,19). The van der Waals surface area contributed by atoms with Crippen molar-refractivity contribution in [1.82, 2.24) is 10.2 Å². The number of rotatable bonds is 8. The van der Waals surface area contributed by atoms with Gasteiger partial charge in [0.15, 0.2) is 0 Å². The lowest BCUT2D eigenvalue weighted by Crippen LogP contribution is -2.44. The molecule has 0 radical (unpaired) electrons. The minimum absolute atomic E-state index is 0.0175. The van der Waals surface area contributed by atoms with Gasteiger partial charge in [-0.1, -0.05) is 13.3 Å². The van der Waals surface area contributed by atoms with Gasteiger partial charge in [-0.2, -0.15) is 0 Å². The SMILES string of the molecule is CCC(CCNC(=O)N1CCCC1CO)CCC(=O)O. The van der Waals surface area contributed by atoms with E-state index in [0.29, 0.717) is 25.4 Å². The largest absolute Gasteiger partial charge is 0.481 e. The van der Waals surface area contributed by atoms with Gasteiger partial charge in [0.05, 0.1) is 12.6 Å². The summed E-state index contributed by atoms with van der Waals surface area (Å²) in [6.07, 6.45) is 4.37. The summed E-state index contributed by atoms with van der Waals surface area (Å²) >= 11 is 0. The molecule has 6 nitrogen and oxygen atoms in total. The Morgan fingerprint density at radius 3 is 2.75 bits per heavy atom. The van der Waals surface area contributed by atoms with E-state index >= 15 is 0 Å². The van der Waals surface area contributed by atoms with E-state index in [2.05, 4.69) is 5.32 Å². The van der Waals surface area contributed by atoms with Crippen molar-refractivity contribution in [2.75, 3.05) is 19.7 Å². The van der Waals surface area contributed by atoms with Gasteiger partial charge in [0.25, 0.3) is 0 Å². The third-order valence-electron chi connectivity index (χ3n) is 4.02. The lowest BCUT2D eigenvalue weighted by atomic mass is 9.97. The van der Waals surface area contributed by atoms with Crippen LogP contribution in [0.2, 0.25) is 0 Å². The van der Waals surface area contributed by atoms with E-state index in [1.54, 1.807) is 4.90 Å². The number of carboxylic acids is 1. The highest BCUT2D eigenvalue weighted by atomic mass is 16.4. The maximum Gasteiger partial charge on any atom is 0.317 e. The molecule has 0 bridgehead atoms. The molecule has 1 aliphatic rings. The van der Waals surface area contributed by atoms with E-state index in [1.807, 2.05) is 6.92 Å². The number of hydrogen-bond acceptors (Lipinski definition) is 3. The van der Waals surface area contributed by atoms with E-state index < -0.39 is 5.97 Å². The predicted molar refractivity (Wildman–Crippen MR) is 75.5 cm³/mol. The molecule has 1 rings (SSSR count). The average Bonchev–Trinajstić information content (AvgIpc) is 2.90. The number of nitrogens with one attached hydrogen (secondary N) is 1. The molecule has 0 saturated carbocycles. The number of carboxylic acid groups (broad SMARTS) is 1. The number of aliphatic hydroxyl groups excluding tert-OH is 1. The number of hydrogen-bond donors (Lipinski definition) is 3. The van der Waals surface area contributed by atoms with E-state index in [-0.39, 0.29) is 25.1 Å². The summed E-state index contributed by atoms with van der Waals surface area (Å²) in [5.74, 6) is -0.436. The summed E-state index contributed by atoms with van der Waals surface area (Å²) in [4.78, 5) is 24.2. The van der Waals surface area contributed by atoms with E-state index in [1.165, 1.54) is 0 Å². The van der Waals surface area contributed by atoms with Crippen LogP contribution in [0.15, 0.2) is 0 Å². The number of likely N-dealkylation sites (tertiary alicyclic amines) is 1. The van der Waals surface area contributed by atoms with Gasteiger partial charge in [0, 0.05) is 19.5 Å². The van der Waals surface area contributed by atoms with Crippen LogP contribution in [0.5, 0.6) is 0 Å². The van der Waals surface area contributed by atoms with E-state index in [0.717, 1.165) is 25.7 Å². The second-order valence-corrected chi connectivity index (χ2v) is 5.40. The van der Waals surface area contributed by atoms with Gasteiger partial charge in [-0.15, -0.1) is 0 Å². The van der Waals surface area contributed by atoms with Crippen molar-refractivity contribution >= 4 is 12.0 Å². The van der Waals surface area contributed by atoms with Crippen LogP contribution in [-0.2, 0) is 4.79 Å². The molecule has 0 aromatic rings. The normalized spacial score (nSPS) is 19.9. The molecule has 2 amide bonds. The molecule has 3 N–H and O–H groups in total. The van der Waals surface area contributed by atoms with Crippen LogP contribution in [0.3, 0.4) is 0 Å². The first-order chi connectivity index (χ1) is 9.58. The quantitative estimate of drug-likeness (QED) is 0.629. The molecule has 0 spiro atoms. The smallest absolute Gasteiger partial charge is 0.317 e. The molecule has 0 aliphatic carbocycles. The maximum absolute atomic E-state index is 12.0. The Morgan fingerprint density at radius 2 is 2.15 bits per heavy atom. The summed E-state index contributed by atoms with van der Waals surface area (Å²) in [7, 11) is 0. The number of aliphatic hydroxyl groups is 1. The number of nitrogens with zero attached hydrogens (tertiary/aromatic N) is 1. The lowest BCUT2D eigenvalue weighted by molar-refractivity contribution is -0.137. The molecule has 0 aromatic heterocycles. The van der Waals surface area contributed by atoms with Crippen molar-refractivity contribution in [2.45, 2.75) is 51.5 Å². The van der Waals surface area contributed by atoms with Gasteiger partial charge in [-0.05, 0) is 31.6 Å². The molecule has 20 heavy (non-hydrogen) atoms. The van der Waals surface area contributed by atoms with Crippen molar-refractivity contribution in [2.24, 2.45) is 5.92 Å². The molecular formula is C14H26N2O4. The molecule has 2 atom stereocenters. The average molecular weight is 286 g/mol. The molecule has 1 saturated heterocycles. The van der Waals surface area contributed by atoms with Crippen molar-refractivity contribution in [3.8, 4) is 0 Å². The fraction of sp³-hybridized carbons (Fsp3) is 0.857. The van der Waals surface area contributed by atoms with Gasteiger partial charge >= 0.3 is 12.0 Å². The summed E-state index contributed by atoms with van der Waals surface area (Å²) in [6, 6.07) is -0.168. The van der Waals surface area contributed by atoms with Gasteiger partial charge in [-0.25, -0.2) is 4.79 Å². The third-order valence-corrected chi connectivity index (χ3v) is 4.02. The Hall–Kier alpha value is -1.30. The maximum atomic E-state index is 12.0. The number of aliphatic carboxylic acids is 1. The molecule has 1 fully saturated rings. The van der Waals surface area contributed by atoms with E-state index in [9.17, 15) is 14.7 Å².